The third-order valence-electron chi connectivity index (χ3n) is 4.36. The summed E-state index contributed by atoms with van der Waals surface area (Å²) in [5, 5.41) is 11.3. The first-order valence-corrected chi connectivity index (χ1v) is 10.0. The maximum Gasteiger partial charge on any atom is 0.277 e. The summed E-state index contributed by atoms with van der Waals surface area (Å²) in [4.78, 5) is 12.4. The summed E-state index contributed by atoms with van der Waals surface area (Å²) < 4.78 is 34.8. The third kappa shape index (κ3) is 5.24. The van der Waals surface area contributed by atoms with Crippen molar-refractivity contribution in [2.24, 2.45) is 0 Å². The van der Waals surface area contributed by atoms with Crippen LogP contribution in [0.3, 0.4) is 0 Å². The minimum atomic E-state index is -0.541. The highest BCUT2D eigenvalue weighted by Gasteiger charge is 2.12. The van der Waals surface area contributed by atoms with Crippen LogP contribution in [-0.4, -0.2) is 25.5 Å². The summed E-state index contributed by atoms with van der Waals surface area (Å²) >= 11 is 11.8. The van der Waals surface area contributed by atoms with E-state index in [1.165, 1.54) is 41.1 Å². The van der Waals surface area contributed by atoms with Gasteiger partial charge >= 0.3 is 0 Å². The van der Waals surface area contributed by atoms with E-state index >= 15 is 0 Å². The summed E-state index contributed by atoms with van der Waals surface area (Å²) in [5.41, 5.74) is 0.845. The van der Waals surface area contributed by atoms with Gasteiger partial charge in [-0.15, -0.1) is 0 Å². The molecule has 4 aromatic rings. The highest BCUT2D eigenvalue weighted by molar-refractivity contribution is 6.31. The van der Waals surface area contributed by atoms with Gasteiger partial charge in [0.25, 0.3) is 5.91 Å². The van der Waals surface area contributed by atoms with E-state index in [0.29, 0.717) is 28.7 Å². The number of rotatable bonds is 7. The van der Waals surface area contributed by atoms with E-state index in [0.717, 1.165) is 0 Å². The molecule has 0 aliphatic rings. The Labute approximate surface area is 191 Å². The number of hydrogen-bond acceptors (Lipinski definition) is 4. The van der Waals surface area contributed by atoms with Crippen LogP contribution in [0.2, 0.25) is 10.0 Å². The molecule has 0 aliphatic heterocycles. The first kappa shape index (κ1) is 21.8. The van der Waals surface area contributed by atoms with E-state index in [2.05, 4.69) is 15.5 Å². The Balaban J connectivity index is 1.34. The highest BCUT2D eigenvalue weighted by atomic mass is 35.5. The predicted molar refractivity (Wildman–Crippen MR) is 115 cm³/mol. The maximum atomic E-state index is 13.2. The summed E-state index contributed by atoms with van der Waals surface area (Å²) in [7, 11) is 0. The number of anilines is 1. The standard InChI is InChI=1S/C21H15Cl2F2N5O2/c22-16-9-14(24)2-1-13(16)11-29-8-6-20(28-29)26-21(31)19-5-7-30(27-19)12-32-15-3-4-18(25)17(23)10-15/h1-10H,11-12H2,(H,26,28,31). The summed E-state index contributed by atoms with van der Waals surface area (Å²) in [6.45, 7) is 0.316. The van der Waals surface area contributed by atoms with Crippen molar-refractivity contribution in [3.05, 3.63) is 93.9 Å². The molecule has 32 heavy (non-hydrogen) atoms. The van der Waals surface area contributed by atoms with E-state index in [9.17, 15) is 13.6 Å². The van der Waals surface area contributed by atoms with Gasteiger partial charge in [0.1, 0.15) is 17.4 Å². The Morgan fingerprint density at radius 2 is 1.78 bits per heavy atom. The second kappa shape index (κ2) is 9.37. The first-order valence-electron chi connectivity index (χ1n) is 9.27. The SMILES string of the molecule is O=C(Nc1ccn(Cc2ccc(F)cc2Cl)n1)c1ccn(COc2ccc(F)c(Cl)c2)n1. The molecule has 4 rings (SSSR count). The molecule has 1 N–H and O–H groups in total. The van der Waals surface area contributed by atoms with E-state index in [4.69, 9.17) is 27.9 Å². The van der Waals surface area contributed by atoms with Gasteiger partial charge in [-0.05, 0) is 35.9 Å². The van der Waals surface area contributed by atoms with Crippen LogP contribution in [-0.2, 0) is 13.3 Å². The maximum absolute atomic E-state index is 13.2. The fourth-order valence-corrected chi connectivity index (χ4v) is 3.18. The van der Waals surface area contributed by atoms with Gasteiger partial charge < -0.3 is 10.1 Å². The van der Waals surface area contributed by atoms with Crippen molar-refractivity contribution in [3.8, 4) is 5.75 Å². The lowest BCUT2D eigenvalue weighted by atomic mass is 10.2. The average molecular weight is 478 g/mol. The van der Waals surface area contributed by atoms with Crippen molar-refractivity contribution >= 4 is 34.9 Å². The summed E-state index contributed by atoms with van der Waals surface area (Å²) in [6.07, 6.45) is 3.23. The number of nitrogens with one attached hydrogen (secondary N) is 1. The van der Waals surface area contributed by atoms with Crippen LogP contribution in [0.1, 0.15) is 16.1 Å². The minimum absolute atomic E-state index is 0.00228. The Bertz CT molecular complexity index is 1270. The number of nitrogens with zero attached hydrogens (tertiary/aromatic N) is 4. The Kier molecular flexibility index (Phi) is 6.38. The molecule has 0 saturated heterocycles. The number of aromatic nitrogens is 4. The lowest BCUT2D eigenvalue weighted by Crippen LogP contribution is -2.15. The van der Waals surface area contributed by atoms with Crippen LogP contribution in [0.4, 0.5) is 14.6 Å². The zero-order chi connectivity index (χ0) is 22.7. The van der Waals surface area contributed by atoms with Gasteiger partial charge in [0.15, 0.2) is 18.2 Å². The van der Waals surface area contributed by atoms with Gasteiger partial charge in [0.05, 0.1) is 11.6 Å². The lowest BCUT2D eigenvalue weighted by Gasteiger charge is -2.06. The van der Waals surface area contributed by atoms with Gasteiger partial charge in [0, 0.05) is 29.5 Å². The fourth-order valence-electron chi connectivity index (χ4n) is 2.78. The number of ether oxygens (including phenoxy) is 1. The molecule has 7 nitrogen and oxygen atoms in total. The Morgan fingerprint density at radius 3 is 2.56 bits per heavy atom. The molecule has 0 bridgehead atoms. The predicted octanol–water partition coefficient (Wildman–Crippen LogP) is 5.00. The Hall–Kier alpha value is -3.43. The number of carbonyl (C=O) groups excluding carboxylic acids is 1. The van der Waals surface area contributed by atoms with Crippen LogP contribution in [0, 0.1) is 11.6 Å². The molecule has 0 radical (unpaired) electrons. The molecule has 0 saturated carbocycles. The van der Waals surface area contributed by atoms with Gasteiger partial charge in [-0.25, -0.2) is 13.5 Å². The smallest absolute Gasteiger partial charge is 0.277 e. The molecule has 0 spiro atoms. The zero-order valence-electron chi connectivity index (χ0n) is 16.3. The van der Waals surface area contributed by atoms with Crippen molar-refractivity contribution in [3.63, 3.8) is 0 Å². The zero-order valence-corrected chi connectivity index (χ0v) is 17.8. The molecular weight excluding hydrogens is 463 g/mol. The largest absolute Gasteiger partial charge is 0.471 e. The molecule has 2 heterocycles. The van der Waals surface area contributed by atoms with Crippen LogP contribution >= 0.6 is 23.2 Å². The molecule has 11 heteroatoms. The van der Waals surface area contributed by atoms with Crippen molar-refractivity contribution in [2.75, 3.05) is 5.32 Å². The number of halogens is 4. The highest BCUT2D eigenvalue weighted by Crippen LogP contribution is 2.21. The minimum Gasteiger partial charge on any atom is -0.471 e. The second-order valence-electron chi connectivity index (χ2n) is 6.68. The van der Waals surface area contributed by atoms with Crippen molar-refractivity contribution in [2.45, 2.75) is 13.3 Å². The van der Waals surface area contributed by atoms with Crippen molar-refractivity contribution in [1.29, 1.82) is 0 Å². The molecule has 2 aromatic heterocycles. The van der Waals surface area contributed by atoms with Crippen LogP contribution < -0.4 is 10.1 Å². The molecule has 0 aliphatic carbocycles. The summed E-state index contributed by atoms with van der Waals surface area (Å²) in [5.74, 6) is -0.734. The van der Waals surface area contributed by atoms with E-state index < -0.39 is 17.5 Å². The van der Waals surface area contributed by atoms with E-state index in [-0.39, 0.29) is 17.4 Å². The molecular formula is C21H15Cl2F2N5O2. The van der Waals surface area contributed by atoms with Crippen LogP contribution in [0.5, 0.6) is 5.75 Å². The second-order valence-corrected chi connectivity index (χ2v) is 7.49. The molecule has 0 unspecified atom stereocenters. The molecule has 0 fully saturated rings. The number of hydrogen-bond donors (Lipinski definition) is 1. The third-order valence-corrected chi connectivity index (χ3v) is 5.00. The first-order chi connectivity index (χ1) is 15.4. The Morgan fingerprint density at radius 1 is 0.969 bits per heavy atom. The summed E-state index contributed by atoms with van der Waals surface area (Å²) in [6, 6.07) is 11.2. The number of amides is 1. The molecule has 0 atom stereocenters. The monoisotopic (exact) mass is 477 g/mol. The topological polar surface area (TPSA) is 74.0 Å². The number of carbonyl (C=O) groups is 1. The fraction of sp³-hybridized carbons (Fsp3) is 0.0952. The van der Waals surface area contributed by atoms with Crippen LogP contribution in [0.15, 0.2) is 60.9 Å². The quantitative estimate of drug-likeness (QED) is 0.406. The lowest BCUT2D eigenvalue weighted by molar-refractivity contribution is 0.101. The average Bonchev–Trinajstić information content (AvgIpc) is 3.40. The van der Waals surface area contributed by atoms with Gasteiger partial charge in [-0.2, -0.15) is 10.2 Å². The number of benzene rings is 2. The van der Waals surface area contributed by atoms with E-state index in [1.54, 1.807) is 29.2 Å². The van der Waals surface area contributed by atoms with Crippen LogP contribution in [0.25, 0.3) is 0 Å². The molecule has 164 valence electrons. The van der Waals surface area contributed by atoms with E-state index in [1.807, 2.05) is 0 Å². The van der Waals surface area contributed by atoms with Crippen molar-refractivity contribution < 1.29 is 18.3 Å². The normalized spacial score (nSPS) is 10.9. The van der Waals surface area contributed by atoms with Gasteiger partial charge in [-0.3, -0.25) is 9.48 Å². The molecule has 1 amide bonds. The van der Waals surface area contributed by atoms with Gasteiger partial charge in [0.2, 0.25) is 0 Å². The van der Waals surface area contributed by atoms with Crippen molar-refractivity contribution in [1.82, 2.24) is 19.6 Å². The molecule has 2 aromatic carbocycles. The van der Waals surface area contributed by atoms with Gasteiger partial charge in [-0.1, -0.05) is 29.3 Å².